The van der Waals surface area contributed by atoms with Gasteiger partial charge in [-0.3, -0.25) is 0 Å². The first-order chi connectivity index (χ1) is 9.87. The SMILES string of the molecule is CC1CCCC(N(C)c2ccccc2CNC(C)(C)C)C1. The highest BCUT2D eigenvalue weighted by molar-refractivity contribution is 5.54. The number of para-hydroxylation sites is 1. The van der Waals surface area contributed by atoms with E-state index in [0.717, 1.165) is 12.5 Å². The molecule has 1 aliphatic carbocycles. The number of anilines is 1. The molecule has 1 N–H and O–H groups in total. The third-order valence-electron chi connectivity index (χ3n) is 4.64. The van der Waals surface area contributed by atoms with Crippen LogP contribution in [-0.4, -0.2) is 18.6 Å². The van der Waals surface area contributed by atoms with Crippen LogP contribution >= 0.6 is 0 Å². The summed E-state index contributed by atoms with van der Waals surface area (Å²) in [4.78, 5) is 2.52. The van der Waals surface area contributed by atoms with Crippen molar-refractivity contribution in [1.29, 1.82) is 0 Å². The van der Waals surface area contributed by atoms with Crippen molar-refractivity contribution in [3.8, 4) is 0 Å². The summed E-state index contributed by atoms with van der Waals surface area (Å²) in [5, 5.41) is 3.62. The summed E-state index contributed by atoms with van der Waals surface area (Å²) >= 11 is 0. The Kier molecular flexibility index (Phi) is 5.32. The summed E-state index contributed by atoms with van der Waals surface area (Å²) in [6.07, 6.45) is 5.44. The lowest BCUT2D eigenvalue weighted by atomic mass is 9.86. The molecule has 1 saturated carbocycles. The monoisotopic (exact) mass is 288 g/mol. The van der Waals surface area contributed by atoms with Gasteiger partial charge in [0.1, 0.15) is 0 Å². The van der Waals surface area contributed by atoms with Gasteiger partial charge in [-0.25, -0.2) is 0 Å². The molecule has 2 rings (SSSR count). The molecule has 0 saturated heterocycles. The van der Waals surface area contributed by atoms with Crippen molar-refractivity contribution in [1.82, 2.24) is 5.32 Å². The van der Waals surface area contributed by atoms with E-state index < -0.39 is 0 Å². The summed E-state index contributed by atoms with van der Waals surface area (Å²) in [6.45, 7) is 10.0. The second-order valence-corrected chi connectivity index (χ2v) is 7.77. The Morgan fingerprint density at radius 2 is 1.90 bits per heavy atom. The third-order valence-corrected chi connectivity index (χ3v) is 4.64. The fourth-order valence-electron chi connectivity index (χ4n) is 3.32. The van der Waals surface area contributed by atoms with Crippen LogP contribution in [-0.2, 0) is 6.54 Å². The first kappa shape index (κ1) is 16.4. The number of rotatable bonds is 4. The predicted molar refractivity (Wildman–Crippen MR) is 92.9 cm³/mol. The molecule has 1 aromatic carbocycles. The maximum atomic E-state index is 3.62. The summed E-state index contributed by atoms with van der Waals surface area (Å²) in [7, 11) is 2.28. The van der Waals surface area contributed by atoms with Gasteiger partial charge in [0, 0.05) is 30.9 Å². The smallest absolute Gasteiger partial charge is 0.0411 e. The molecule has 0 aliphatic heterocycles. The number of hydrogen-bond acceptors (Lipinski definition) is 2. The number of nitrogens with zero attached hydrogens (tertiary/aromatic N) is 1. The van der Waals surface area contributed by atoms with E-state index in [2.05, 4.69) is 69.2 Å². The average molecular weight is 288 g/mol. The molecule has 2 heteroatoms. The van der Waals surface area contributed by atoms with Crippen molar-refractivity contribution < 1.29 is 0 Å². The molecular weight excluding hydrogens is 256 g/mol. The Bertz CT molecular complexity index is 447. The average Bonchev–Trinajstić information content (AvgIpc) is 2.44. The van der Waals surface area contributed by atoms with Crippen molar-refractivity contribution in [2.24, 2.45) is 5.92 Å². The van der Waals surface area contributed by atoms with Gasteiger partial charge in [0.15, 0.2) is 0 Å². The highest BCUT2D eigenvalue weighted by atomic mass is 15.1. The van der Waals surface area contributed by atoms with E-state index in [9.17, 15) is 0 Å². The largest absolute Gasteiger partial charge is 0.371 e. The predicted octanol–water partition coefficient (Wildman–Crippen LogP) is 4.59. The quantitative estimate of drug-likeness (QED) is 0.871. The first-order valence-electron chi connectivity index (χ1n) is 8.42. The minimum Gasteiger partial charge on any atom is -0.371 e. The van der Waals surface area contributed by atoms with Crippen LogP contribution in [0, 0.1) is 5.92 Å². The van der Waals surface area contributed by atoms with Gasteiger partial charge in [0.25, 0.3) is 0 Å². The van der Waals surface area contributed by atoms with E-state index in [4.69, 9.17) is 0 Å². The second-order valence-electron chi connectivity index (χ2n) is 7.77. The van der Waals surface area contributed by atoms with Crippen LogP contribution in [0.5, 0.6) is 0 Å². The Balaban J connectivity index is 2.11. The maximum absolute atomic E-state index is 3.62. The first-order valence-corrected chi connectivity index (χ1v) is 8.42. The van der Waals surface area contributed by atoms with Gasteiger partial charge >= 0.3 is 0 Å². The molecule has 1 fully saturated rings. The van der Waals surface area contributed by atoms with Crippen molar-refractivity contribution >= 4 is 5.69 Å². The Labute approximate surface area is 130 Å². The zero-order valence-corrected chi connectivity index (χ0v) is 14.4. The lowest BCUT2D eigenvalue weighted by molar-refractivity contribution is 0.336. The molecule has 2 nitrogen and oxygen atoms in total. The summed E-state index contributed by atoms with van der Waals surface area (Å²) in [6, 6.07) is 9.55. The normalized spacial score (nSPS) is 23.1. The molecule has 2 unspecified atom stereocenters. The van der Waals surface area contributed by atoms with E-state index >= 15 is 0 Å². The van der Waals surface area contributed by atoms with Crippen molar-refractivity contribution in [3.63, 3.8) is 0 Å². The Hall–Kier alpha value is -1.02. The molecule has 21 heavy (non-hydrogen) atoms. The number of nitrogens with one attached hydrogen (secondary N) is 1. The number of benzene rings is 1. The Morgan fingerprint density at radius 1 is 1.19 bits per heavy atom. The second kappa shape index (κ2) is 6.83. The van der Waals surface area contributed by atoms with Gasteiger partial charge < -0.3 is 10.2 Å². The van der Waals surface area contributed by atoms with E-state index in [0.29, 0.717) is 6.04 Å². The van der Waals surface area contributed by atoms with Crippen LogP contribution in [0.15, 0.2) is 24.3 Å². The molecule has 0 radical (unpaired) electrons. The third kappa shape index (κ3) is 4.74. The van der Waals surface area contributed by atoms with Gasteiger partial charge in [-0.05, 0) is 51.2 Å². The van der Waals surface area contributed by atoms with E-state index in [1.54, 1.807) is 0 Å². The lowest BCUT2D eigenvalue weighted by Gasteiger charge is -2.37. The van der Waals surface area contributed by atoms with Crippen LogP contribution in [0.25, 0.3) is 0 Å². The van der Waals surface area contributed by atoms with Crippen LogP contribution in [0.4, 0.5) is 5.69 Å². The topological polar surface area (TPSA) is 15.3 Å². The van der Waals surface area contributed by atoms with E-state index in [-0.39, 0.29) is 5.54 Å². The molecular formula is C19H32N2. The minimum absolute atomic E-state index is 0.158. The lowest BCUT2D eigenvalue weighted by Crippen LogP contribution is -2.38. The van der Waals surface area contributed by atoms with Crippen LogP contribution in [0.1, 0.15) is 58.9 Å². The molecule has 1 aromatic rings. The summed E-state index contributed by atoms with van der Waals surface area (Å²) in [5.41, 5.74) is 2.96. The highest BCUT2D eigenvalue weighted by Gasteiger charge is 2.23. The summed E-state index contributed by atoms with van der Waals surface area (Å²) < 4.78 is 0. The molecule has 118 valence electrons. The fraction of sp³-hybridized carbons (Fsp3) is 0.684. The van der Waals surface area contributed by atoms with Gasteiger partial charge in [-0.15, -0.1) is 0 Å². The zero-order valence-electron chi connectivity index (χ0n) is 14.4. The van der Waals surface area contributed by atoms with Gasteiger partial charge in [0.05, 0.1) is 0 Å². The number of hydrogen-bond donors (Lipinski definition) is 1. The minimum atomic E-state index is 0.158. The van der Waals surface area contributed by atoms with Crippen molar-refractivity contribution in [2.45, 2.75) is 71.5 Å². The Morgan fingerprint density at radius 3 is 2.57 bits per heavy atom. The van der Waals surface area contributed by atoms with E-state index in [1.807, 2.05) is 0 Å². The molecule has 0 bridgehead atoms. The molecule has 0 amide bonds. The molecule has 0 spiro atoms. The van der Waals surface area contributed by atoms with Crippen LogP contribution < -0.4 is 10.2 Å². The van der Waals surface area contributed by atoms with Gasteiger partial charge in [-0.2, -0.15) is 0 Å². The van der Waals surface area contributed by atoms with Crippen molar-refractivity contribution in [2.75, 3.05) is 11.9 Å². The maximum Gasteiger partial charge on any atom is 0.0411 e. The molecule has 0 heterocycles. The van der Waals surface area contributed by atoms with Gasteiger partial charge in [0.2, 0.25) is 0 Å². The fourth-order valence-corrected chi connectivity index (χ4v) is 3.32. The van der Waals surface area contributed by atoms with Crippen LogP contribution in [0.3, 0.4) is 0 Å². The van der Waals surface area contributed by atoms with Crippen molar-refractivity contribution in [3.05, 3.63) is 29.8 Å². The van der Waals surface area contributed by atoms with E-state index in [1.165, 1.54) is 36.9 Å². The molecule has 0 aromatic heterocycles. The van der Waals surface area contributed by atoms with Crippen LogP contribution in [0.2, 0.25) is 0 Å². The standard InChI is InChI=1S/C19H32N2/c1-15-9-8-11-17(13-15)21(5)18-12-7-6-10-16(18)14-20-19(2,3)4/h6-7,10,12,15,17,20H,8-9,11,13-14H2,1-5H3. The summed E-state index contributed by atoms with van der Waals surface area (Å²) in [5.74, 6) is 0.867. The zero-order chi connectivity index (χ0) is 15.5. The highest BCUT2D eigenvalue weighted by Crippen LogP contribution is 2.31. The van der Waals surface area contributed by atoms with Gasteiger partial charge in [-0.1, -0.05) is 38.0 Å². The molecule has 1 aliphatic rings. The molecule has 2 atom stereocenters.